The van der Waals surface area contributed by atoms with Gasteiger partial charge in [0.05, 0.1) is 23.9 Å². The van der Waals surface area contributed by atoms with Crippen LogP contribution >= 0.6 is 0 Å². The van der Waals surface area contributed by atoms with Gasteiger partial charge >= 0.3 is 5.97 Å². The van der Waals surface area contributed by atoms with Crippen LogP contribution in [0.4, 0.5) is 0 Å². The Hall–Kier alpha value is -3.66. The van der Waals surface area contributed by atoms with Crippen molar-refractivity contribution < 1.29 is 14.3 Å². The van der Waals surface area contributed by atoms with Crippen molar-refractivity contribution >= 4 is 16.9 Å². The molecule has 3 aromatic carbocycles. The van der Waals surface area contributed by atoms with E-state index in [9.17, 15) is 4.79 Å². The van der Waals surface area contributed by atoms with Gasteiger partial charge in [-0.05, 0) is 92.9 Å². The van der Waals surface area contributed by atoms with E-state index < -0.39 is 5.97 Å². The Morgan fingerprint density at radius 1 is 0.774 bits per heavy atom. The molecule has 31 heavy (non-hydrogen) atoms. The SMILES string of the molecule is COc1ccc(-c2cc(C(=O)Oc3ccc(C)c(C)c3)c3cc(C)cc(C)c3n2)cc1. The Kier molecular flexibility index (Phi) is 5.47. The van der Waals surface area contributed by atoms with Gasteiger partial charge in [-0.15, -0.1) is 0 Å². The van der Waals surface area contributed by atoms with Crippen LogP contribution in [0.5, 0.6) is 11.5 Å². The highest BCUT2D eigenvalue weighted by atomic mass is 16.5. The maximum Gasteiger partial charge on any atom is 0.344 e. The Balaban J connectivity index is 1.84. The first-order chi connectivity index (χ1) is 14.9. The number of hydrogen-bond acceptors (Lipinski definition) is 4. The van der Waals surface area contributed by atoms with E-state index >= 15 is 0 Å². The van der Waals surface area contributed by atoms with Gasteiger partial charge in [-0.1, -0.05) is 17.7 Å². The van der Waals surface area contributed by atoms with Gasteiger partial charge in [0.1, 0.15) is 11.5 Å². The third-order valence-corrected chi connectivity index (χ3v) is 5.54. The number of esters is 1. The van der Waals surface area contributed by atoms with Crippen LogP contribution in [0.3, 0.4) is 0 Å². The monoisotopic (exact) mass is 411 g/mol. The van der Waals surface area contributed by atoms with Crippen molar-refractivity contribution in [1.82, 2.24) is 4.98 Å². The van der Waals surface area contributed by atoms with Gasteiger partial charge in [-0.2, -0.15) is 0 Å². The summed E-state index contributed by atoms with van der Waals surface area (Å²) in [4.78, 5) is 18.1. The molecule has 0 unspecified atom stereocenters. The number of aromatic nitrogens is 1. The molecule has 0 aliphatic carbocycles. The van der Waals surface area contributed by atoms with Crippen LogP contribution in [0.15, 0.2) is 60.7 Å². The first-order valence-corrected chi connectivity index (χ1v) is 10.2. The summed E-state index contributed by atoms with van der Waals surface area (Å²) in [5.41, 5.74) is 7.25. The molecule has 4 rings (SSSR count). The largest absolute Gasteiger partial charge is 0.497 e. The Bertz CT molecular complexity index is 1290. The molecule has 0 N–H and O–H groups in total. The lowest BCUT2D eigenvalue weighted by atomic mass is 10.00. The summed E-state index contributed by atoms with van der Waals surface area (Å²) in [6.07, 6.45) is 0. The second kappa shape index (κ2) is 8.23. The van der Waals surface area contributed by atoms with Crippen molar-refractivity contribution in [3.63, 3.8) is 0 Å². The first-order valence-electron chi connectivity index (χ1n) is 10.2. The van der Waals surface area contributed by atoms with E-state index in [0.717, 1.165) is 44.5 Å². The third-order valence-electron chi connectivity index (χ3n) is 5.54. The predicted octanol–water partition coefficient (Wildman–Crippen LogP) is 6.36. The molecule has 0 radical (unpaired) electrons. The average Bonchev–Trinajstić information content (AvgIpc) is 2.75. The minimum Gasteiger partial charge on any atom is -0.497 e. The minimum atomic E-state index is -0.393. The summed E-state index contributed by atoms with van der Waals surface area (Å²) in [6.45, 7) is 8.06. The second-order valence-corrected chi connectivity index (χ2v) is 7.90. The summed E-state index contributed by atoms with van der Waals surface area (Å²) in [6, 6.07) is 19.2. The molecule has 0 aliphatic rings. The Morgan fingerprint density at radius 3 is 2.16 bits per heavy atom. The molecule has 156 valence electrons. The molecular weight excluding hydrogens is 386 g/mol. The van der Waals surface area contributed by atoms with Crippen molar-refractivity contribution in [2.45, 2.75) is 27.7 Å². The molecule has 4 heteroatoms. The number of aryl methyl sites for hydroxylation is 4. The molecule has 0 bridgehead atoms. The highest BCUT2D eigenvalue weighted by Gasteiger charge is 2.18. The lowest BCUT2D eigenvalue weighted by Gasteiger charge is -2.13. The number of methoxy groups -OCH3 is 1. The number of nitrogens with zero attached hydrogens (tertiary/aromatic N) is 1. The zero-order chi connectivity index (χ0) is 22.1. The molecule has 1 heterocycles. The lowest BCUT2D eigenvalue weighted by molar-refractivity contribution is 0.0736. The van der Waals surface area contributed by atoms with E-state index in [1.54, 1.807) is 7.11 Å². The number of carbonyl (C=O) groups excluding carboxylic acids is 1. The molecule has 0 spiro atoms. The summed E-state index contributed by atoms with van der Waals surface area (Å²) in [5, 5.41) is 0.795. The Labute approximate surface area is 182 Å². The van der Waals surface area contributed by atoms with Crippen molar-refractivity contribution in [3.8, 4) is 22.8 Å². The van der Waals surface area contributed by atoms with E-state index in [-0.39, 0.29) is 0 Å². The second-order valence-electron chi connectivity index (χ2n) is 7.90. The quantitative estimate of drug-likeness (QED) is 0.289. The van der Waals surface area contributed by atoms with Crippen LogP contribution < -0.4 is 9.47 Å². The fourth-order valence-electron chi connectivity index (χ4n) is 3.70. The van der Waals surface area contributed by atoms with Crippen LogP contribution in [0.1, 0.15) is 32.6 Å². The van der Waals surface area contributed by atoms with Gasteiger partial charge in [0.25, 0.3) is 0 Å². The highest BCUT2D eigenvalue weighted by molar-refractivity contribution is 6.06. The number of pyridine rings is 1. The molecule has 0 fully saturated rings. The predicted molar refractivity (Wildman–Crippen MR) is 124 cm³/mol. The van der Waals surface area contributed by atoms with Crippen molar-refractivity contribution in [3.05, 3.63) is 88.5 Å². The smallest absolute Gasteiger partial charge is 0.344 e. The maximum absolute atomic E-state index is 13.3. The van der Waals surface area contributed by atoms with Crippen molar-refractivity contribution in [2.75, 3.05) is 7.11 Å². The molecule has 0 saturated heterocycles. The van der Waals surface area contributed by atoms with Gasteiger partial charge in [0, 0.05) is 10.9 Å². The molecule has 0 aliphatic heterocycles. The number of fused-ring (bicyclic) bond motifs is 1. The standard InChI is InChI=1S/C27H25NO3/c1-16-12-19(4)26-23(13-16)24(27(29)31-22-9-6-17(2)18(3)14-22)15-25(28-26)20-7-10-21(30-5)11-8-20/h6-15H,1-5H3. The lowest BCUT2D eigenvalue weighted by Crippen LogP contribution is -2.11. The fraction of sp³-hybridized carbons (Fsp3) is 0.185. The van der Waals surface area contributed by atoms with E-state index in [1.165, 1.54) is 0 Å². The van der Waals surface area contributed by atoms with Gasteiger partial charge < -0.3 is 9.47 Å². The van der Waals surface area contributed by atoms with E-state index in [2.05, 4.69) is 6.07 Å². The average molecular weight is 412 g/mol. The Morgan fingerprint density at radius 2 is 1.48 bits per heavy atom. The number of carbonyl (C=O) groups is 1. The van der Waals surface area contributed by atoms with Gasteiger partial charge in [0.2, 0.25) is 0 Å². The van der Waals surface area contributed by atoms with Crippen LogP contribution in [-0.2, 0) is 0 Å². The molecule has 4 aromatic rings. The zero-order valence-electron chi connectivity index (χ0n) is 18.4. The normalized spacial score (nSPS) is 10.9. The van der Waals surface area contributed by atoms with E-state index in [1.807, 2.05) is 82.3 Å². The third kappa shape index (κ3) is 4.15. The molecule has 0 saturated carbocycles. The van der Waals surface area contributed by atoms with Crippen molar-refractivity contribution in [2.24, 2.45) is 0 Å². The molecular formula is C27H25NO3. The molecule has 1 aromatic heterocycles. The molecule has 0 atom stereocenters. The number of ether oxygens (including phenoxy) is 2. The topological polar surface area (TPSA) is 48.4 Å². The summed E-state index contributed by atoms with van der Waals surface area (Å²) in [5.74, 6) is 0.912. The molecule has 0 amide bonds. The first kappa shape index (κ1) is 20.6. The minimum absolute atomic E-state index is 0.393. The maximum atomic E-state index is 13.3. The van der Waals surface area contributed by atoms with Crippen molar-refractivity contribution in [1.29, 1.82) is 0 Å². The summed E-state index contributed by atoms with van der Waals surface area (Å²) < 4.78 is 11.0. The number of benzene rings is 3. The van der Waals surface area contributed by atoms with Crippen LogP contribution in [0.25, 0.3) is 22.2 Å². The zero-order valence-corrected chi connectivity index (χ0v) is 18.4. The molecule has 4 nitrogen and oxygen atoms in total. The fourth-order valence-corrected chi connectivity index (χ4v) is 3.70. The van der Waals surface area contributed by atoms with E-state index in [4.69, 9.17) is 14.5 Å². The van der Waals surface area contributed by atoms with E-state index in [0.29, 0.717) is 17.0 Å². The highest BCUT2D eigenvalue weighted by Crippen LogP contribution is 2.30. The van der Waals surface area contributed by atoms with Gasteiger partial charge in [-0.25, -0.2) is 9.78 Å². The number of rotatable bonds is 4. The number of hydrogen-bond donors (Lipinski definition) is 0. The van der Waals surface area contributed by atoms with Crippen LogP contribution in [0.2, 0.25) is 0 Å². The summed E-state index contributed by atoms with van der Waals surface area (Å²) in [7, 11) is 1.63. The van der Waals surface area contributed by atoms with Crippen LogP contribution in [-0.4, -0.2) is 18.1 Å². The summed E-state index contributed by atoms with van der Waals surface area (Å²) >= 11 is 0. The van der Waals surface area contributed by atoms with Gasteiger partial charge in [-0.3, -0.25) is 0 Å². The van der Waals surface area contributed by atoms with Gasteiger partial charge in [0.15, 0.2) is 0 Å². The van der Waals surface area contributed by atoms with Crippen LogP contribution in [0, 0.1) is 27.7 Å².